The average molecular weight is 236 g/mol. The molecule has 0 amide bonds. The van der Waals surface area contributed by atoms with E-state index in [2.05, 4.69) is 32.3 Å². The minimum absolute atomic E-state index is 0.723. The van der Waals surface area contributed by atoms with Crippen LogP contribution in [0.2, 0.25) is 0 Å². The van der Waals surface area contributed by atoms with E-state index in [9.17, 15) is 0 Å². The molecule has 0 aliphatic carbocycles. The SMILES string of the molecule is CC#CCCOCCNCCCc1ncn[nH]1. The third kappa shape index (κ3) is 7.50. The van der Waals surface area contributed by atoms with E-state index in [0.29, 0.717) is 0 Å². The monoisotopic (exact) mass is 236 g/mol. The molecular formula is C12H20N4O. The van der Waals surface area contributed by atoms with Crippen LogP contribution in [0.4, 0.5) is 0 Å². The van der Waals surface area contributed by atoms with Crippen LogP contribution in [0.5, 0.6) is 0 Å². The van der Waals surface area contributed by atoms with Crippen molar-refractivity contribution in [3.05, 3.63) is 12.2 Å². The van der Waals surface area contributed by atoms with Gasteiger partial charge in [0.05, 0.1) is 13.2 Å². The zero-order valence-electron chi connectivity index (χ0n) is 10.3. The topological polar surface area (TPSA) is 62.8 Å². The minimum atomic E-state index is 0.723. The summed E-state index contributed by atoms with van der Waals surface area (Å²) in [5.74, 6) is 6.75. The van der Waals surface area contributed by atoms with Crippen LogP contribution in [0.25, 0.3) is 0 Å². The Balaban J connectivity index is 1.79. The molecule has 5 nitrogen and oxygen atoms in total. The molecular weight excluding hydrogens is 216 g/mol. The second kappa shape index (κ2) is 9.82. The Hall–Kier alpha value is -1.38. The Morgan fingerprint density at radius 2 is 2.35 bits per heavy atom. The molecule has 1 aromatic rings. The largest absolute Gasteiger partial charge is 0.379 e. The van der Waals surface area contributed by atoms with Crippen molar-refractivity contribution in [3.8, 4) is 11.8 Å². The number of ether oxygens (including phenoxy) is 1. The number of hydrogen-bond donors (Lipinski definition) is 2. The van der Waals surface area contributed by atoms with Gasteiger partial charge in [-0.25, -0.2) is 4.98 Å². The maximum absolute atomic E-state index is 5.39. The van der Waals surface area contributed by atoms with Gasteiger partial charge in [0, 0.05) is 19.4 Å². The number of hydrogen-bond acceptors (Lipinski definition) is 4. The lowest BCUT2D eigenvalue weighted by molar-refractivity contribution is 0.141. The molecule has 17 heavy (non-hydrogen) atoms. The summed E-state index contributed by atoms with van der Waals surface area (Å²) in [5.41, 5.74) is 0. The molecule has 0 radical (unpaired) electrons. The Bertz CT molecular complexity index is 326. The maximum Gasteiger partial charge on any atom is 0.137 e. The zero-order valence-corrected chi connectivity index (χ0v) is 10.3. The van der Waals surface area contributed by atoms with E-state index in [1.807, 2.05) is 6.92 Å². The Morgan fingerprint density at radius 1 is 1.41 bits per heavy atom. The van der Waals surface area contributed by atoms with Crippen LogP contribution in [0.15, 0.2) is 6.33 Å². The lowest BCUT2D eigenvalue weighted by atomic mass is 10.3. The lowest BCUT2D eigenvalue weighted by Crippen LogP contribution is -2.21. The predicted octanol–water partition coefficient (Wildman–Crippen LogP) is 0.757. The molecule has 0 aliphatic rings. The van der Waals surface area contributed by atoms with Crippen molar-refractivity contribution in [2.24, 2.45) is 0 Å². The summed E-state index contributed by atoms with van der Waals surface area (Å²) in [6.07, 6.45) is 4.34. The van der Waals surface area contributed by atoms with Crippen molar-refractivity contribution < 1.29 is 4.74 Å². The Kier molecular flexibility index (Phi) is 7.90. The average Bonchev–Trinajstić information content (AvgIpc) is 2.85. The van der Waals surface area contributed by atoms with Gasteiger partial charge in [-0.3, -0.25) is 5.10 Å². The molecule has 94 valence electrons. The first-order valence-corrected chi connectivity index (χ1v) is 5.96. The van der Waals surface area contributed by atoms with Gasteiger partial charge in [-0.1, -0.05) is 0 Å². The van der Waals surface area contributed by atoms with Crippen molar-refractivity contribution in [2.45, 2.75) is 26.2 Å². The molecule has 0 saturated heterocycles. The van der Waals surface area contributed by atoms with Gasteiger partial charge < -0.3 is 10.1 Å². The molecule has 0 atom stereocenters. The third-order valence-electron chi connectivity index (χ3n) is 2.20. The van der Waals surface area contributed by atoms with Crippen LogP contribution in [-0.4, -0.2) is 41.5 Å². The van der Waals surface area contributed by atoms with Crippen LogP contribution in [-0.2, 0) is 11.2 Å². The summed E-state index contributed by atoms with van der Waals surface area (Å²) >= 11 is 0. The second-order valence-electron chi connectivity index (χ2n) is 3.57. The highest BCUT2D eigenvalue weighted by molar-refractivity contribution is 4.94. The number of nitrogens with zero attached hydrogens (tertiary/aromatic N) is 2. The van der Waals surface area contributed by atoms with Gasteiger partial charge in [0.1, 0.15) is 12.2 Å². The van der Waals surface area contributed by atoms with Crippen LogP contribution in [0.3, 0.4) is 0 Å². The standard InChI is InChI=1S/C12H20N4O/c1-2-3-4-9-17-10-8-13-7-5-6-12-14-11-15-16-12/h11,13H,4-10H2,1H3,(H,14,15,16). The van der Waals surface area contributed by atoms with E-state index in [1.165, 1.54) is 6.33 Å². The first-order chi connectivity index (χ1) is 8.43. The smallest absolute Gasteiger partial charge is 0.137 e. The summed E-state index contributed by atoms with van der Waals surface area (Å²) in [6.45, 7) is 5.17. The fraction of sp³-hybridized carbons (Fsp3) is 0.667. The molecule has 0 fully saturated rings. The van der Waals surface area contributed by atoms with Crippen molar-refractivity contribution >= 4 is 0 Å². The number of aromatic amines is 1. The highest BCUT2D eigenvalue weighted by Crippen LogP contribution is 1.91. The molecule has 0 spiro atoms. The Labute approximate surface area is 102 Å². The normalized spacial score (nSPS) is 9.94. The van der Waals surface area contributed by atoms with Crippen LogP contribution >= 0.6 is 0 Å². The van der Waals surface area contributed by atoms with Gasteiger partial charge in [-0.2, -0.15) is 5.10 Å². The lowest BCUT2D eigenvalue weighted by Gasteiger charge is -2.04. The second-order valence-corrected chi connectivity index (χ2v) is 3.57. The fourth-order valence-electron chi connectivity index (χ4n) is 1.35. The molecule has 0 unspecified atom stereocenters. The first-order valence-electron chi connectivity index (χ1n) is 5.96. The Morgan fingerprint density at radius 3 is 3.12 bits per heavy atom. The van der Waals surface area contributed by atoms with E-state index in [0.717, 1.165) is 51.4 Å². The van der Waals surface area contributed by atoms with Crippen molar-refractivity contribution in [1.29, 1.82) is 0 Å². The van der Waals surface area contributed by atoms with Gasteiger partial charge in [-0.15, -0.1) is 11.8 Å². The molecule has 0 aromatic carbocycles. The van der Waals surface area contributed by atoms with Gasteiger partial charge in [0.15, 0.2) is 0 Å². The van der Waals surface area contributed by atoms with Crippen molar-refractivity contribution in [2.75, 3.05) is 26.3 Å². The molecule has 1 aromatic heterocycles. The van der Waals surface area contributed by atoms with Crippen LogP contribution in [0, 0.1) is 11.8 Å². The highest BCUT2D eigenvalue weighted by atomic mass is 16.5. The molecule has 1 heterocycles. The number of aromatic nitrogens is 3. The summed E-state index contributed by atoms with van der Waals surface area (Å²) in [7, 11) is 0. The molecule has 0 aliphatic heterocycles. The number of H-pyrrole nitrogens is 1. The maximum atomic E-state index is 5.39. The van der Waals surface area contributed by atoms with Gasteiger partial charge in [0.25, 0.3) is 0 Å². The first kappa shape index (κ1) is 13.7. The molecule has 5 heteroatoms. The fourth-order valence-corrected chi connectivity index (χ4v) is 1.35. The van der Waals surface area contributed by atoms with Crippen LogP contribution < -0.4 is 5.32 Å². The molecule has 1 rings (SSSR count). The van der Waals surface area contributed by atoms with Gasteiger partial charge in [-0.05, 0) is 19.9 Å². The quantitative estimate of drug-likeness (QED) is 0.491. The molecule has 0 saturated carbocycles. The summed E-state index contributed by atoms with van der Waals surface area (Å²) in [4.78, 5) is 4.06. The number of aryl methyl sites for hydroxylation is 1. The van der Waals surface area contributed by atoms with Crippen molar-refractivity contribution in [1.82, 2.24) is 20.5 Å². The van der Waals surface area contributed by atoms with Crippen molar-refractivity contribution in [3.63, 3.8) is 0 Å². The van der Waals surface area contributed by atoms with E-state index < -0.39 is 0 Å². The van der Waals surface area contributed by atoms with E-state index in [4.69, 9.17) is 4.74 Å². The third-order valence-corrected chi connectivity index (χ3v) is 2.20. The predicted molar refractivity (Wildman–Crippen MR) is 66.5 cm³/mol. The van der Waals surface area contributed by atoms with Gasteiger partial charge in [0.2, 0.25) is 0 Å². The zero-order chi connectivity index (χ0) is 12.2. The summed E-state index contributed by atoms with van der Waals surface area (Å²) in [5, 5.41) is 9.96. The highest BCUT2D eigenvalue weighted by Gasteiger charge is 1.94. The molecule has 0 bridgehead atoms. The van der Waals surface area contributed by atoms with E-state index >= 15 is 0 Å². The van der Waals surface area contributed by atoms with Crippen LogP contribution in [0.1, 0.15) is 25.6 Å². The summed E-state index contributed by atoms with van der Waals surface area (Å²) in [6, 6.07) is 0. The minimum Gasteiger partial charge on any atom is -0.379 e. The summed E-state index contributed by atoms with van der Waals surface area (Å²) < 4.78 is 5.39. The molecule has 2 N–H and O–H groups in total. The van der Waals surface area contributed by atoms with E-state index in [-0.39, 0.29) is 0 Å². The number of rotatable bonds is 9. The van der Waals surface area contributed by atoms with Gasteiger partial charge >= 0.3 is 0 Å². The van der Waals surface area contributed by atoms with E-state index in [1.54, 1.807) is 0 Å². The number of nitrogens with one attached hydrogen (secondary N) is 2.